The molecule has 0 fully saturated rings. The molecule has 0 saturated carbocycles. The van der Waals surface area contributed by atoms with Gasteiger partial charge in [0.05, 0.1) is 5.56 Å². The molecule has 0 aliphatic heterocycles. The van der Waals surface area contributed by atoms with Crippen LogP contribution in [0.1, 0.15) is 22.3 Å². The van der Waals surface area contributed by atoms with Crippen LogP contribution >= 0.6 is 23.1 Å². The molecule has 110 valence electrons. The highest BCUT2D eigenvalue weighted by molar-refractivity contribution is 7.99. The standard InChI is InChI=1S/C15H15NO3S2/c1-10-2-4-11(5-3-10)20-9-7-13(17)16-14-12(15(18)19)6-8-21-14/h2-6,8H,7,9H2,1H3,(H,16,17)(H,18,19). The molecule has 0 radical (unpaired) electrons. The van der Waals surface area contributed by atoms with Crippen LogP contribution in [-0.2, 0) is 4.79 Å². The average Bonchev–Trinajstić information content (AvgIpc) is 2.89. The Bertz CT molecular complexity index is 635. The lowest BCUT2D eigenvalue weighted by Gasteiger charge is -2.04. The van der Waals surface area contributed by atoms with Crippen LogP contribution in [0.5, 0.6) is 0 Å². The number of carboxylic acids is 1. The lowest BCUT2D eigenvalue weighted by molar-refractivity contribution is -0.115. The number of amides is 1. The molecule has 0 unspecified atom stereocenters. The lowest BCUT2D eigenvalue weighted by Crippen LogP contribution is -2.13. The number of anilines is 1. The summed E-state index contributed by atoms with van der Waals surface area (Å²) in [4.78, 5) is 23.9. The Morgan fingerprint density at radius 1 is 1.24 bits per heavy atom. The SMILES string of the molecule is Cc1ccc(SCCC(=O)Nc2sccc2C(=O)O)cc1. The highest BCUT2D eigenvalue weighted by atomic mass is 32.2. The van der Waals surface area contributed by atoms with Crippen molar-refractivity contribution < 1.29 is 14.7 Å². The second-order valence-corrected chi connectivity index (χ2v) is 6.51. The number of benzene rings is 1. The van der Waals surface area contributed by atoms with Crippen molar-refractivity contribution in [2.24, 2.45) is 0 Å². The fourth-order valence-corrected chi connectivity index (χ4v) is 3.31. The van der Waals surface area contributed by atoms with E-state index in [0.29, 0.717) is 17.2 Å². The summed E-state index contributed by atoms with van der Waals surface area (Å²) in [6.45, 7) is 2.03. The second kappa shape index (κ2) is 7.28. The molecule has 6 heteroatoms. The zero-order chi connectivity index (χ0) is 15.2. The number of aryl methyl sites for hydroxylation is 1. The minimum absolute atomic E-state index is 0.138. The molecule has 2 N–H and O–H groups in total. The third kappa shape index (κ3) is 4.61. The molecule has 0 saturated heterocycles. The van der Waals surface area contributed by atoms with Crippen LogP contribution in [0.2, 0.25) is 0 Å². The molecule has 2 aromatic rings. The number of thiophene rings is 1. The number of hydrogen-bond acceptors (Lipinski definition) is 4. The predicted octanol–water partition coefficient (Wildman–Crippen LogP) is 3.88. The van der Waals surface area contributed by atoms with Gasteiger partial charge in [0.1, 0.15) is 5.00 Å². The lowest BCUT2D eigenvalue weighted by atomic mass is 10.2. The van der Waals surface area contributed by atoms with Gasteiger partial charge in [0.25, 0.3) is 0 Å². The average molecular weight is 321 g/mol. The van der Waals surface area contributed by atoms with Crippen molar-refractivity contribution in [2.45, 2.75) is 18.2 Å². The summed E-state index contributed by atoms with van der Waals surface area (Å²) in [5.74, 6) is -0.539. The molecule has 0 atom stereocenters. The summed E-state index contributed by atoms with van der Waals surface area (Å²) < 4.78 is 0. The molecule has 1 amide bonds. The van der Waals surface area contributed by atoms with Gasteiger partial charge >= 0.3 is 5.97 Å². The van der Waals surface area contributed by atoms with Gasteiger partial charge in [-0.3, -0.25) is 4.79 Å². The van der Waals surface area contributed by atoms with Crippen LogP contribution in [0, 0.1) is 6.92 Å². The fraction of sp³-hybridized carbons (Fsp3) is 0.200. The maximum Gasteiger partial charge on any atom is 0.338 e. The molecule has 0 aliphatic carbocycles. The van der Waals surface area contributed by atoms with E-state index in [1.165, 1.54) is 23.0 Å². The highest BCUT2D eigenvalue weighted by Gasteiger charge is 2.13. The topological polar surface area (TPSA) is 66.4 Å². The summed E-state index contributed by atoms with van der Waals surface area (Å²) in [6.07, 6.45) is 0.343. The number of thioether (sulfide) groups is 1. The first-order valence-corrected chi connectivity index (χ1v) is 8.23. The van der Waals surface area contributed by atoms with Gasteiger partial charge in [-0.05, 0) is 30.5 Å². The van der Waals surface area contributed by atoms with Crippen LogP contribution in [0.4, 0.5) is 5.00 Å². The fourth-order valence-electron chi connectivity index (χ4n) is 1.66. The van der Waals surface area contributed by atoms with E-state index in [1.54, 1.807) is 17.1 Å². The second-order valence-electron chi connectivity index (χ2n) is 4.43. The molecule has 2 rings (SSSR count). The van der Waals surface area contributed by atoms with Gasteiger partial charge in [-0.15, -0.1) is 23.1 Å². The summed E-state index contributed by atoms with van der Waals surface area (Å²) in [5, 5.41) is 13.7. The first kappa shape index (κ1) is 15.6. The van der Waals surface area contributed by atoms with E-state index in [2.05, 4.69) is 5.32 Å². The first-order valence-electron chi connectivity index (χ1n) is 6.36. The van der Waals surface area contributed by atoms with Crippen molar-refractivity contribution in [1.29, 1.82) is 0 Å². The van der Waals surface area contributed by atoms with E-state index in [0.717, 1.165) is 4.90 Å². The van der Waals surface area contributed by atoms with E-state index >= 15 is 0 Å². The van der Waals surface area contributed by atoms with Gasteiger partial charge < -0.3 is 10.4 Å². The molecule has 1 heterocycles. The number of aromatic carboxylic acids is 1. The molecule has 21 heavy (non-hydrogen) atoms. The monoisotopic (exact) mass is 321 g/mol. The minimum Gasteiger partial charge on any atom is -0.478 e. The van der Waals surface area contributed by atoms with Gasteiger partial charge in [0.15, 0.2) is 0 Å². The van der Waals surface area contributed by atoms with E-state index in [-0.39, 0.29) is 11.5 Å². The molecule has 1 aromatic carbocycles. The number of carbonyl (C=O) groups excluding carboxylic acids is 1. The summed E-state index contributed by atoms with van der Waals surface area (Å²) in [6, 6.07) is 9.61. The maximum atomic E-state index is 11.8. The van der Waals surface area contributed by atoms with E-state index in [4.69, 9.17) is 5.11 Å². The van der Waals surface area contributed by atoms with Crippen molar-refractivity contribution >= 4 is 40.0 Å². The zero-order valence-electron chi connectivity index (χ0n) is 11.5. The minimum atomic E-state index is -1.03. The predicted molar refractivity (Wildman–Crippen MR) is 86.4 cm³/mol. The molecule has 0 spiro atoms. The quantitative estimate of drug-likeness (QED) is 0.793. The van der Waals surface area contributed by atoms with Gasteiger partial charge in [-0.1, -0.05) is 17.7 Å². The molecular weight excluding hydrogens is 306 g/mol. The number of carboxylic acid groups (broad SMARTS) is 1. The molecule has 4 nitrogen and oxygen atoms in total. The van der Waals surface area contributed by atoms with Crippen molar-refractivity contribution in [3.63, 3.8) is 0 Å². The number of hydrogen-bond donors (Lipinski definition) is 2. The number of nitrogens with one attached hydrogen (secondary N) is 1. The smallest absolute Gasteiger partial charge is 0.338 e. The Kier molecular flexibility index (Phi) is 5.41. The Hall–Kier alpha value is -1.79. The number of carbonyl (C=O) groups is 2. The molecular formula is C15H15NO3S2. The van der Waals surface area contributed by atoms with E-state index in [9.17, 15) is 9.59 Å². The van der Waals surface area contributed by atoms with Crippen LogP contribution in [0.25, 0.3) is 0 Å². The van der Waals surface area contributed by atoms with Gasteiger partial charge in [0.2, 0.25) is 5.91 Å². The Labute approximate surface area is 131 Å². The largest absolute Gasteiger partial charge is 0.478 e. The maximum absolute atomic E-state index is 11.8. The van der Waals surface area contributed by atoms with Crippen molar-refractivity contribution in [3.8, 4) is 0 Å². The van der Waals surface area contributed by atoms with Gasteiger partial charge in [-0.25, -0.2) is 4.79 Å². The zero-order valence-corrected chi connectivity index (χ0v) is 13.1. The van der Waals surface area contributed by atoms with Crippen LogP contribution in [0.3, 0.4) is 0 Å². The summed E-state index contributed by atoms with van der Waals surface area (Å²) in [7, 11) is 0. The Morgan fingerprint density at radius 3 is 2.62 bits per heavy atom. The number of rotatable bonds is 6. The van der Waals surface area contributed by atoms with E-state index < -0.39 is 5.97 Å². The van der Waals surface area contributed by atoms with Crippen LogP contribution < -0.4 is 5.32 Å². The molecule has 0 aliphatic rings. The van der Waals surface area contributed by atoms with E-state index in [1.807, 2.05) is 31.2 Å². The third-order valence-electron chi connectivity index (χ3n) is 2.77. The Morgan fingerprint density at radius 2 is 1.95 bits per heavy atom. The first-order chi connectivity index (χ1) is 10.1. The molecule has 0 bridgehead atoms. The van der Waals surface area contributed by atoms with Gasteiger partial charge in [0, 0.05) is 17.1 Å². The van der Waals surface area contributed by atoms with Crippen molar-refractivity contribution in [2.75, 3.05) is 11.1 Å². The summed E-state index contributed by atoms with van der Waals surface area (Å²) in [5.41, 5.74) is 1.34. The van der Waals surface area contributed by atoms with Crippen molar-refractivity contribution in [1.82, 2.24) is 0 Å². The Balaban J connectivity index is 1.81. The highest BCUT2D eigenvalue weighted by Crippen LogP contribution is 2.24. The van der Waals surface area contributed by atoms with Crippen molar-refractivity contribution in [3.05, 3.63) is 46.8 Å². The van der Waals surface area contributed by atoms with Crippen LogP contribution in [0.15, 0.2) is 40.6 Å². The van der Waals surface area contributed by atoms with Gasteiger partial charge in [-0.2, -0.15) is 0 Å². The normalized spacial score (nSPS) is 10.3. The summed E-state index contributed by atoms with van der Waals surface area (Å²) >= 11 is 2.82. The van der Waals surface area contributed by atoms with Crippen LogP contribution in [-0.4, -0.2) is 22.7 Å². The third-order valence-corrected chi connectivity index (χ3v) is 4.61. The molecule has 1 aromatic heterocycles.